The van der Waals surface area contributed by atoms with Gasteiger partial charge in [-0.1, -0.05) is 6.92 Å². The van der Waals surface area contributed by atoms with Crippen molar-refractivity contribution in [1.29, 1.82) is 0 Å². The van der Waals surface area contributed by atoms with Gasteiger partial charge in [0.05, 0.1) is 12.6 Å². The summed E-state index contributed by atoms with van der Waals surface area (Å²) in [4.78, 5) is 19.4. The van der Waals surface area contributed by atoms with Crippen molar-refractivity contribution in [2.24, 2.45) is 0 Å². The number of nitrogens with zero attached hydrogens (tertiary/aromatic N) is 3. The molecule has 5 heteroatoms. The Bertz CT molecular complexity index is 514. The highest BCUT2D eigenvalue weighted by Gasteiger charge is 2.23. The number of ether oxygens (including phenoxy) is 1. The monoisotopic (exact) mass is 277 g/mol. The summed E-state index contributed by atoms with van der Waals surface area (Å²) in [6.07, 6.45) is 5.48. The first-order valence-corrected chi connectivity index (χ1v) is 7.75. The Hall–Kier alpha value is -1.36. The topological polar surface area (TPSA) is 47.4 Å². The average Bonchev–Trinajstić information content (AvgIpc) is 3.13. The molecular formula is C15H23N3O2. The van der Waals surface area contributed by atoms with Gasteiger partial charge < -0.3 is 9.64 Å². The first-order chi connectivity index (χ1) is 9.78. The van der Waals surface area contributed by atoms with Crippen LogP contribution in [0.15, 0.2) is 10.9 Å². The van der Waals surface area contributed by atoms with Gasteiger partial charge in [-0.05, 0) is 32.1 Å². The van der Waals surface area contributed by atoms with Crippen molar-refractivity contribution in [3.05, 3.63) is 22.1 Å². The van der Waals surface area contributed by atoms with Crippen LogP contribution in [0.25, 0.3) is 0 Å². The maximum Gasteiger partial charge on any atom is 0.255 e. The van der Waals surface area contributed by atoms with E-state index in [0.29, 0.717) is 6.54 Å². The van der Waals surface area contributed by atoms with Gasteiger partial charge in [-0.3, -0.25) is 9.36 Å². The fraction of sp³-hybridized carbons (Fsp3) is 0.733. The molecule has 3 rings (SSSR count). The lowest BCUT2D eigenvalue weighted by Gasteiger charge is -2.23. The molecule has 5 nitrogen and oxygen atoms in total. The third-order valence-electron chi connectivity index (χ3n) is 4.20. The lowest BCUT2D eigenvalue weighted by Crippen LogP contribution is -2.34. The smallest absolute Gasteiger partial charge is 0.255 e. The van der Waals surface area contributed by atoms with Crippen LogP contribution in [0.5, 0.6) is 0 Å². The Morgan fingerprint density at radius 2 is 2.15 bits per heavy atom. The molecule has 0 spiro atoms. The Kier molecular flexibility index (Phi) is 4.05. The Morgan fingerprint density at radius 1 is 1.35 bits per heavy atom. The highest BCUT2D eigenvalue weighted by Crippen LogP contribution is 2.20. The fourth-order valence-electron chi connectivity index (χ4n) is 3.04. The first-order valence-electron chi connectivity index (χ1n) is 7.75. The van der Waals surface area contributed by atoms with E-state index >= 15 is 0 Å². The van der Waals surface area contributed by atoms with E-state index in [4.69, 9.17) is 9.72 Å². The van der Waals surface area contributed by atoms with Crippen LogP contribution in [0, 0.1) is 0 Å². The Labute approximate surface area is 119 Å². The molecule has 1 aromatic heterocycles. The van der Waals surface area contributed by atoms with E-state index < -0.39 is 0 Å². The third-order valence-corrected chi connectivity index (χ3v) is 4.20. The summed E-state index contributed by atoms with van der Waals surface area (Å²) in [6, 6.07) is 1.68. The molecule has 2 aliphatic heterocycles. The summed E-state index contributed by atoms with van der Waals surface area (Å²) >= 11 is 0. The van der Waals surface area contributed by atoms with Crippen molar-refractivity contribution in [3.8, 4) is 0 Å². The number of aryl methyl sites for hydroxylation is 1. The second-order valence-corrected chi connectivity index (χ2v) is 5.68. The van der Waals surface area contributed by atoms with Crippen molar-refractivity contribution < 1.29 is 4.74 Å². The molecule has 0 radical (unpaired) electrons. The molecule has 0 aromatic carbocycles. The second-order valence-electron chi connectivity index (χ2n) is 5.68. The molecule has 2 aliphatic rings. The van der Waals surface area contributed by atoms with Crippen LogP contribution in [-0.2, 0) is 17.7 Å². The zero-order valence-electron chi connectivity index (χ0n) is 12.2. The molecule has 110 valence electrons. The predicted octanol–water partition coefficient (Wildman–Crippen LogP) is 1.58. The number of rotatable bonds is 4. The molecule has 2 saturated heterocycles. The van der Waals surface area contributed by atoms with Gasteiger partial charge in [0.25, 0.3) is 5.56 Å². The van der Waals surface area contributed by atoms with Crippen LogP contribution >= 0.6 is 0 Å². The molecule has 1 aromatic rings. The number of hydrogen-bond donors (Lipinski definition) is 0. The van der Waals surface area contributed by atoms with E-state index in [1.807, 2.05) is 11.5 Å². The van der Waals surface area contributed by atoms with Crippen molar-refractivity contribution >= 4 is 5.95 Å². The third kappa shape index (κ3) is 2.73. The molecule has 20 heavy (non-hydrogen) atoms. The van der Waals surface area contributed by atoms with E-state index in [0.717, 1.165) is 50.6 Å². The SMILES string of the molecule is CCc1cc(=O)n(CC2CCCO2)c(N2CCCC2)n1. The number of anilines is 1. The van der Waals surface area contributed by atoms with Gasteiger partial charge in [0, 0.05) is 31.5 Å². The van der Waals surface area contributed by atoms with E-state index in [-0.39, 0.29) is 11.7 Å². The van der Waals surface area contributed by atoms with Crippen LogP contribution in [0.1, 0.15) is 38.3 Å². The van der Waals surface area contributed by atoms with Gasteiger partial charge in [0.15, 0.2) is 0 Å². The quantitative estimate of drug-likeness (QED) is 0.838. The minimum Gasteiger partial charge on any atom is -0.376 e. The summed E-state index contributed by atoms with van der Waals surface area (Å²) in [5.41, 5.74) is 0.953. The van der Waals surface area contributed by atoms with Crippen LogP contribution in [0.3, 0.4) is 0 Å². The van der Waals surface area contributed by atoms with Crippen LogP contribution < -0.4 is 10.5 Å². The van der Waals surface area contributed by atoms with Gasteiger partial charge >= 0.3 is 0 Å². The summed E-state index contributed by atoms with van der Waals surface area (Å²) in [7, 11) is 0. The van der Waals surface area contributed by atoms with Crippen molar-refractivity contribution in [2.45, 2.75) is 51.7 Å². The second kappa shape index (κ2) is 5.95. The van der Waals surface area contributed by atoms with Crippen LogP contribution in [-0.4, -0.2) is 35.4 Å². The fourth-order valence-corrected chi connectivity index (χ4v) is 3.04. The highest BCUT2D eigenvalue weighted by molar-refractivity contribution is 5.33. The molecule has 1 unspecified atom stereocenters. The predicted molar refractivity (Wildman–Crippen MR) is 78.3 cm³/mol. The van der Waals surface area contributed by atoms with Crippen LogP contribution in [0.2, 0.25) is 0 Å². The largest absolute Gasteiger partial charge is 0.376 e. The van der Waals surface area contributed by atoms with E-state index in [9.17, 15) is 4.79 Å². The lowest BCUT2D eigenvalue weighted by molar-refractivity contribution is 0.0962. The maximum atomic E-state index is 12.4. The lowest BCUT2D eigenvalue weighted by atomic mass is 10.2. The van der Waals surface area contributed by atoms with Gasteiger partial charge in [-0.2, -0.15) is 0 Å². The average molecular weight is 277 g/mol. The highest BCUT2D eigenvalue weighted by atomic mass is 16.5. The summed E-state index contributed by atoms with van der Waals surface area (Å²) in [5, 5.41) is 0. The molecule has 3 heterocycles. The molecule has 0 amide bonds. The molecule has 1 atom stereocenters. The van der Waals surface area contributed by atoms with E-state index in [2.05, 4.69) is 4.90 Å². The van der Waals surface area contributed by atoms with E-state index in [1.54, 1.807) is 6.07 Å². The van der Waals surface area contributed by atoms with Gasteiger partial charge in [-0.25, -0.2) is 4.98 Å². The van der Waals surface area contributed by atoms with Gasteiger partial charge in [0.2, 0.25) is 5.95 Å². The maximum absolute atomic E-state index is 12.4. The number of hydrogen-bond acceptors (Lipinski definition) is 4. The van der Waals surface area contributed by atoms with Crippen LogP contribution in [0.4, 0.5) is 5.95 Å². The molecular weight excluding hydrogens is 254 g/mol. The Morgan fingerprint density at radius 3 is 2.80 bits per heavy atom. The normalized spacial score (nSPS) is 22.6. The summed E-state index contributed by atoms with van der Waals surface area (Å²) < 4.78 is 7.50. The summed E-state index contributed by atoms with van der Waals surface area (Å²) in [6.45, 7) is 5.51. The van der Waals surface area contributed by atoms with Crippen molar-refractivity contribution in [2.75, 3.05) is 24.6 Å². The minimum atomic E-state index is 0.0641. The molecule has 0 N–H and O–H groups in total. The first kappa shape index (κ1) is 13.6. The standard InChI is InChI=1S/C15H23N3O2/c1-2-12-10-14(19)18(11-13-6-5-9-20-13)15(16-12)17-7-3-4-8-17/h10,13H,2-9,11H2,1H3. The van der Waals surface area contributed by atoms with E-state index in [1.165, 1.54) is 12.8 Å². The molecule has 0 bridgehead atoms. The zero-order valence-corrected chi connectivity index (χ0v) is 12.2. The molecule has 0 aliphatic carbocycles. The summed E-state index contributed by atoms with van der Waals surface area (Å²) in [5.74, 6) is 0.849. The number of aromatic nitrogens is 2. The Balaban J connectivity index is 1.94. The zero-order chi connectivity index (χ0) is 13.9. The van der Waals surface area contributed by atoms with Crippen molar-refractivity contribution in [3.63, 3.8) is 0 Å². The van der Waals surface area contributed by atoms with Gasteiger partial charge in [-0.15, -0.1) is 0 Å². The van der Waals surface area contributed by atoms with Gasteiger partial charge in [0.1, 0.15) is 0 Å². The molecule has 2 fully saturated rings. The molecule has 0 saturated carbocycles. The minimum absolute atomic E-state index is 0.0641. The van der Waals surface area contributed by atoms with Crippen molar-refractivity contribution in [1.82, 2.24) is 9.55 Å².